The van der Waals surface area contributed by atoms with Gasteiger partial charge in [-0.3, -0.25) is 0 Å². The van der Waals surface area contributed by atoms with Crippen LogP contribution in [0.15, 0.2) is 0 Å². The van der Waals surface area contributed by atoms with Gasteiger partial charge in [0.25, 0.3) is 0 Å². The summed E-state index contributed by atoms with van der Waals surface area (Å²) in [4.78, 5) is 10.5. The molecule has 15 heavy (non-hydrogen) atoms. The minimum absolute atomic E-state index is 0.125. The largest absolute Gasteiger partial charge is 0.394 e. The van der Waals surface area contributed by atoms with Crippen LogP contribution >= 0.6 is 0 Å². The molecule has 0 aliphatic rings. The Morgan fingerprint density at radius 2 is 1.73 bits per heavy atom. The van der Waals surface area contributed by atoms with Crippen molar-refractivity contribution in [2.75, 3.05) is 26.4 Å². The van der Waals surface area contributed by atoms with Crippen molar-refractivity contribution in [3.05, 3.63) is 0 Å². The molecular weight excluding hydrogens is 196 g/mol. The molecule has 0 rings (SSSR count). The van der Waals surface area contributed by atoms with Crippen molar-refractivity contribution in [3.8, 4) is 0 Å². The van der Waals surface area contributed by atoms with Gasteiger partial charge in [0, 0.05) is 19.6 Å². The Labute approximate surface area is 92.3 Å². The van der Waals surface area contributed by atoms with Crippen LogP contribution in [0.3, 0.4) is 0 Å². The lowest BCUT2D eigenvalue weighted by Gasteiger charge is -1.99. The van der Waals surface area contributed by atoms with E-state index >= 15 is 0 Å². The molecule has 4 heteroatoms. The van der Waals surface area contributed by atoms with E-state index in [0.29, 0.717) is 5.78 Å². The van der Waals surface area contributed by atoms with Crippen LogP contribution in [0.25, 0.3) is 0 Å². The zero-order valence-electron chi connectivity index (χ0n) is 9.87. The molecule has 0 aliphatic carbocycles. The van der Waals surface area contributed by atoms with Crippen molar-refractivity contribution in [1.82, 2.24) is 0 Å². The van der Waals surface area contributed by atoms with Gasteiger partial charge in [0.1, 0.15) is 5.78 Å². The Kier molecular flexibility index (Phi) is 18.1. The summed E-state index contributed by atoms with van der Waals surface area (Å²) in [5, 5.41) is 15.2. The third-order valence-corrected chi connectivity index (χ3v) is 1.62. The molecule has 0 bridgehead atoms. The van der Waals surface area contributed by atoms with Crippen LogP contribution in [0.5, 0.6) is 0 Å². The number of aliphatic hydroxyl groups excluding tert-OH is 2. The Bertz CT molecular complexity index is 124. The summed E-state index contributed by atoms with van der Waals surface area (Å²) in [6, 6.07) is 0. The second-order valence-electron chi connectivity index (χ2n) is 3.16. The van der Waals surface area contributed by atoms with E-state index < -0.39 is 0 Å². The molecule has 0 aromatic heterocycles. The second kappa shape index (κ2) is 16.0. The van der Waals surface area contributed by atoms with E-state index in [9.17, 15) is 4.79 Å². The third-order valence-electron chi connectivity index (χ3n) is 1.62. The normalized spacial score (nSPS) is 9.33. The predicted molar refractivity (Wildman–Crippen MR) is 59.8 cm³/mol. The maximum absolute atomic E-state index is 10.5. The van der Waals surface area contributed by atoms with Gasteiger partial charge in [-0.15, -0.1) is 0 Å². The summed E-state index contributed by atoms with van der Waals surface area (Å²) in [5.41, 5.74) is 0. The number of Topliss-reactive ketones (excluding diaryl/α,β-unsaturated/α-hetero) is 1. The molecular formula is C11H24O4. The van der Waals surface area contributed by atoms with E-state index in [1.54, 1.807) is 6.92 Å². The monoisotopic (exact) mass is 220 g/mol. The Hall–Kier alpha value is -0.450. The van der Waals surface area contributed by atoms with Gasteiger partial charge in [-0.05, 0) is 26.7 Å². The lowest BCUT2D eigenvalue weighted by Crippen LogP contribution is -1.94. The summed E-state index contributed by atoms with van der Waals surface area (Å²) in [5.74, 6) is 0.293. The minimum atomic E-state index is -0.125. The zero-order valence-corrected chi connectivity index (χ0v) is 9.87. The zero-order chi connectivity index (χ0) is 11.9. The van der Waals surface area contributed by atoms with E-state index in [1.807, 2.05) is 6.92 Å². The molecule has 0 amide bonds. The summed E-state index contributed by atoms with van der Waals surface area (Å²) in [7, 11) is 0. The SMILES string of the molecule is CCOCCCCCC(C)=O.OCCO. The summed E-state index contributed by atoms with van der Waals surface area (Å²) >= 11 is 0. The fourth-order valence-electron chi connectivity index (χ4n) is 0.899. The first kappa shape index (κ1) is 17.0. The van der Waals surface area contributed by atoms with Crippen molar-refractivity contribution in [3.63, 3.8) is 0 Å². The Balaban J connectivity index is 0. The van der Waals surface area contributed by atoms with Crippen LogP contribution in [0.1, 0.15) is 39.5 Å². The first-order valence-corrected chi connectivity index (χ1v) is 5.47. The quantitative estimate of drug-likeness (QED) is 0.602. The van der Waals surface area contributed by atoms with Gasteiger partial charge in [-0.25, -0.2) is 0 Å². The summed E-state index contributed by atoms with van der Waals surface area (Å²) in [6.45, 7) is 5.03. The number of carbonyl (C=O) groups excluding carboxylic acids is 1. The lowest BCUT2D eigenvalue weighted by atomic mass is 10.1. The predicted octanol–water partition coefficient (Wildman–Crippen LogP) is 1.14. The lowest BCUT2D eigenvalue weighted by molar-refractivity contribution is -0.117. The van der Waals surface area contributed by atoms with Gasteiger partial charge in [0.2, 0.25) is 0 Å². The highest BCUT2D eigenvalue weighted by molar-refractivity contribution is 5.75. The molecule has 0 atom stereocenters. The molecule has 0 aliphatic heterocycles. The Morgan fingerprint density at radius 3 is 2.13 bits per heavy atom. The van der Waals surface area contributed by atoms with Crippen LogP contribution in [0.4, 0.5) is 0 Å². The number of hydrogen-bond donors (Lipinski definition) is 2. The third kappa shape index (κ3) is 24.7. The van der Waals surface area contributed by atoms with Crippen LogP contribution in [-0.4, -0.2) is 42.4 Å². The van der Waals surface area contributed by atoms with Gasteiger partial charge in [-0.1, -0.05) is 6.42 Å². The number of unbranched alkanes of at least 4 members (excludes halogenated alkanes) is 2. The van der Waals surface area contributed by atoms with E-state index in [-0.39, 0.29) is 13.2 Å². The van der Waals surface area contributed by atoms with Gasteiger partial charge in [0.15, 0.2) is 0 Å². The fourth-order valence-corrected chi connectivity index (χ4v) is 0.899. The maximum Gasteiger partial charge on any atom is 0.129 e. The molecule has 0 radical (unpaired) electrons. The van der Waals surface area contributed by atoms with Crippen molar-refractivity contribution in [2.24, 2.45) is 0 Å². The van der Waals surface area contributed by atoms with Crippen LogP contribution < -0.4 is 0 Å². The molecule has 0 saturated heterocycles. The second-order valence-corrected chi connectivity index (χ2v) is 3.16. The van der Waals surface area contributed by atoms with Gasteiger partial charge < -0.3 is 19.7 Å². The first-order valence-electron chi connectivity index (χ1n) is 5.47. The molecule has 4 nitrogen and oxygen atoms in total. The first-order chi connectivity index (χ1) is 7.18. The van der Waals surface area contributed by atoms with Gasteiger partial charge in [-0.2, -0.15) is 0 Å². The van der Waals surface area contributed by atoms with E-state index in [4.69, 9.17) is 14.9 Å². The van der Waals surface area contributed by atoms with Crippen LogP contribution in [0, 0.1) is 0 Å². The smallest absolute Gasteiger partial charge is 0.129 e. The van der Waals surface area contributed by atoms with Gasteiger partial charge in [0.05, 0.1) is 13.2 Å². The number of ketones is 1. The number of ether oxygens (including phenoxy) is 1. The molecule has 0 aromatic rings. The topological polar surface area (TPSA) is 66.8 Å². The molecule has 0 fully saturated rings. The van der Waals surface area contributed by atoms with Crippen molar-refractivity contribution in [2.45, 2.75) is 39.5 Å². The number of rotatable bonds is 8. The molecule has 92 valence electrons. The average molecular weight is 220 g/mol. The molecule has 2 N–H and O–H groups in total. The van der Waals surface area contributed by atoms with E-state index in [1.165, 1.54) is 0 Å². The highest BCUT2D eigenvalue weighted by atomic mass is 16.5. The Morgan fingerprint density at radius 1 is 1.13 bits per heavy atom. The number of carbonyl (C=O) groups is 1. The highest BCUT2D eigenvalue weighted by Gasteiger charge is 1.92. The molecule has 0 saturated carbocycles. The minimum Gasteiger partial charge on any atom is -0.394 e. The maximum atomic E-state index is 10.5. The number of aliphatic hydroxyl groups is 2. The molecule has 0 spiro atoms. The van der Waals surface area contributed by atoms with Gasteiger partial charge >= 0.3 is 0 Å². The van der Waals surface area contributed by atoms with E-state index in [0.717, 1.165) is 38.9 Å². The van der Waals surface area contributed by atoms with Crippen molar-refractivity contribution in [1.29, 1.82) is 0 Å². The van der Waals surface area contributed by atoms with E-state index in [2.05, 4.69) is 0 Å². The molecule has 0 unspecified atom stereocenters. The summed E-state index contributed by atoms with van der Waals surface area (Å²) < 4.78 is 5.16. The van der Waals surface area contributed by atoms with Crippen LogP contribution in [-0.2, 0) is 9.53 Å². The van der Waals surface area contributed by atoms with Crippen molar-refractivity contribution >= 4 is 5.78 Å². The number of hydrogen-bond acceptors (Lipinski definition) is 4. The molecule has 0 heterocycles. The van der Waals surface area contributed by atoms with Crippen molar-refractivity contribution < 1.29 is 19.7 Å². The summed E-state index contributed by atoms with van der Waals surface area (Å²) in [6.07, 6.45) is 3.94. The average Bonchev–Trinajstić information content (AvgIpc) is 2.23. The molecule has 0 aromatic carbocycles. The standard InChI is InChI=1S/C9H18O2.C2H6O2/c1-3-11-8-6-4-5-7-9(2)10;3-1-2-4/h3-8H2,1-2H3;3-4H,1-2H2. The fraction of sp³-hybridized carbons (Fsp3) is 0.909. The van der Waals surface area contributed by atoms with Crippen LogP contribution in [0.2, 0.25) is 0 Å². The highest BCUT2D eigenvalue weighted by Crippen LogP contribution is 2.00.